The number of carbonyl (C=O) groups is 1. The number of carboxylic acid groups (broad SMARTS) is 1. The highest BCUT2D eigenvalue weighted by Crippen LogP contribution is 2.15. The maximum absolute atomic E-state index is 10.3. The van der Waals surface area contributed by atoms with Gasteiger partial charge in [0.05, 0.1) is 0 Å². The van der Waals surface area contributed by atoms with E-state index in [1.165, 1.54) is 32.1 Å². The van der Waals surface area contributed by atoms with E-state index in [0.29, 0.717) is 12.3 Å². The summed E-state index contributed by atoms with van der Waals surface area (Å²) < 4.78 is 0. The minimum absolute atomic E-state index is 0.328. The van der Waals surface area contributed by atoms with Crippen molar-refractivity contribution in [1.29, 1.82) is 0 Å². The lowest BCUT2D eigenvalue weighted by Gasteiger charge is -2.08. The molecule has 0 aliphatic heterocycles. The van der Waals surface area contributed by atoms with Gasteiger partial charge in [-0.3, -0.25) is 4.79 Å². The van der Waals surface area contributed by atoms with E-state index >= 15 is 0 Å². The molecule has 1 N–H and O–H groups in total. The zero-order valence-corrected chi connectivity index (χ0v) is 8.88. The van der Waals surface area contributed by atoms with Gasteiger partial charge in [-0.25, -0.2) is 0 Å². The van der Waals surface area contributed by atoms with E-state index < -0.39 is 5.97 Å². The normalized spacial score (nSPS) is 12.8. The summed E-state index contributed by atoms with van der Waals surface area (Å²) >= 11 is 0. The van der Waals surface area contributed by atoms with Crippen molar-refractivity contribution in [3.8, 4) is 0 Å². The molecule has 0 spiro atoms. The van der Waals surface area contributed by atoms with Gasteiger partial charge in [0.2, 0.25) is 0 Å². The number of hydrogen-bond donors (Lipinski definition) is 1. The molecule has 0 saturated heterocycles. The molecule has 1 unspecified atom stereocenters. The van der Waals surface area contributed by atoms with E-state index in [1.807, 2.05) is 0 Å². The number of rotatable bonds is 8. The first-order valence-corrected chi connectivity index (χ1v) is 5.38. The van der Waals surface area contributed by atoms with Gasteiger partial charge < -0.3 is 5.11 Å². The first-order valence-electron chi connectivity index (χ1n) is 5.38. The Labute approximate surface area is 81.3 Å². The molecule has 0 fully saturated rings. The molecule has 1 atom stereocenters. The lowest BCUT2D eigenvalue weighted by Crippen LogP contribution is -2.00. The van der Waals surface area contributed by atoms with E-state index in [-0.39, 0.29) is 0 Å². The van der Waals surface area contributed by atoms with Crippen LogP contribution >= 0.6 is 0 Å². The van der Waals surface area contributed by atoms with Crippen LogP contribution in [0.15, 0.2) is 0 Å². The Morgan fingerprint density at radius 3 is 2.46 bits per heavy atom. The fourth-order valence-corrected chi connectivity index (χ4v) is 1.43. The first kappa shape index (κ1) is 12.5. The Balaban J connectivity index is 3.19. The molecule has 0 aromatic rings. The quantitative estimate of drug-likeness (QED) is 0.589. The molecule has 0 aromatic heterocycles. The molecule has 0 aliphatic carbocycles. The van der Waals surface area contributed by atoms with Gasteiger partial charge in [0.1, 0.15) is 0 Å². The Bertz CT molecular complexity index is 132. The van der Waals surface area contributed by atoms with Crippen LogP contribution in [-0.2, 0) is 4.79 Å². The summed E-state index contributed by atoms with van der Waals surface area (Å²) in [6.07, 6.45) is 7.49. The third kappa shape index (κ3) is 9.38. The second-order valence-electron chi connectivity index (χ2n) is 3.89. The average Bonchev–Trinajstić information content (AvgIpc) is 2.09. The number of hydrogen-bond acceptors (Lipinski definition) is 1. The molecule has 0 amide bonds. The van der Waals surface area contributed by atoms with Crippen LogP contribution in [0.4, 0.5) is 0 Å². The van der Waals surface area contributed by atoms with Crippen LogP contribution in [0.2, 0.25) is 0 Å². The molecule has 2 heteroatoms. The van der Waals surface area contributed by atoms with Gasteiger partial charge in [-0.15, -0.1) is 0 Å². The Morgan fingerprint density at radius 1 is 1.23 bits per heavy atom. The first-order chi connectivity index (χ1) is 6.16. The van der Waals surface area contributed by atoms with Crippen molar-refractivity contribution < 1.29 is 9.90 Å². The Kier molecular flexibility index (Phi) is 7.76. The topological polar surface area (TPSA) is 37.3 Å². The minimum Gasteiger partial charge on any atom is -0.481 e. The summed E-state index contributed by atoms with van der Waals surface area (Å²) in [6.45, 7) is 4.35. The predicted molar refractivity (Wildman–Crippen MR) is 54.8 cm³/mol. The van der Waals surface area contributed by atoms with Crippen molar-refractivity contribution in [3.05, 3.63) is 0 Å². The van der Waals surface area contributed by atoms with Crippen molar-refractivity contribution in [3.63, 3.8) is 0 Å². The van der Waals surface area contributed by atoms with Crippen LogP contribution in [0.5, 0.6) is 0 Å². The van der Waals surface area contributed by atoms with E-state index in [1.54, 1.807) is 0 Å². The van der Waals surface area contributed by atoms with Crippen LogP contribution in [0.25, 0.3) is 0 Å². The van der Waals surface area contributed by atoms with Gasteiger partial charge in [-0.2, -0.15) is 0 Å². The molecule has 0 saturated carbocycles. The van der Waals surface area contributed by atoms with Gasteiger partial charge in [0.15, 0.2) is 0 Å². The van der Waals surface area contributed by atoms with Crippen molar-refractivity contribution in [2.24, 2.45) is 5.92 Å². The molecule has 78 valence electrons. The zero-order chi connectivity index (χ0) is 10.1. The van der Waals surface area contributed by atoms with E-state index in [0.717, 1.165) is 6.42 Å². The lowest BCUT2D eigenvalue weighted by molar-refractivity contribution is -0.137. The summed E-state index contributed by atoms with van der Waals surface area (Å²) in [5.41, 5.74) is 0. The van der Waals surface area contributed by atoms with Crippen LogP contribution in [0.3, 0.4) is 0 Å². The standard InChI is InChI=1S/C11H22O2/c1-3-4-5-6-7-10(2)8-9-11(12)13/h10H,3-9H2,1-2H3,(H,12,13). The zero-order valence-electron chi connectivity index (χ0n) is 8.88. The minimum atomic E-state index is -0.666. The van der Waals surface area contributed by atoms with Crippen molar-refractivity contribution >= 4 is 5.97 Å². The molecular weight excluding hydrogens is 164 g/mol. The summed E-state index contributed by atoms with van der Waals surface area (Å²) in [5, 5.41) is 8.47. The van der Waals surface area contributed by atoms with Crippen LogP contribution in [0.1, 0.15) is 58.8 Å². The molecule has 2 nitrogen and oxygen atoms in total. The molecular formula is C11H22O2. The number of carboxylic acids is 1. The summed E-state index contributed by atoms with van der Waals surface area (Å²) in [6, 6.07) is 0. The third-order valence-electron chi connectivity index (χ3n) is 2.40. The largest absolute Gasteiger partial charge is 0.481 e. The van der Waals surface area contributed by atoms with Gasteiger partial charge in [-0.05, 0) is 12.3 Å². The number of unbranched alkanes of at least 4 members (excludes halogenated alkanes) is 3. The molecule has 0 aromatic carbocycles. The van der Waals surface area contributed by atoms with Gasteiger partial charge in [0, 0.05) is 6.42 Å². The highest BCUT2D eigenvalue weighted by molar-refractivity contribution is 5.66. The fraction of sp³-hybridized carbons (Fsp3) is 0.909. The summed E-state index contributed by atoms with van der Waals surface area (Å²) in [5.74, 6) is -0.0895. The molecule has 0 aliphatic rings. The summed E-state index contributed by atoms with van der Waals surface area (Å²) in [4.78, 5) is 10.3. The maximum Gasteiger partial charge on any atom is 0.303 e. The van der Waals surface area contributed by atoms with Gasteiger partial charge >= 0.3 is 5.97 Å². The molecule has 0 bridgehead atoms. The van der Waals surface area contributed by atoms with Crippen molar-refractivity contribution in [2.75, 3.05) is 0 Å². The Hall–Kier alpha value is -0.530. The average molecular weight is 186 g/mol. The van der Waals surface area contributed by atoms with Crippen LogP contribution in [-0.4, -0.2) is 11.1 Å². The maximum atomic E-state index is 10.3. The third-order valence-corrected chi connectivity index (χ3v) is 2.40. The molecule has 0 rings (SSSR count). The van der Waals surface area contributed by atoms with Gasteiger partial charge in [0.25, 0.3) is 0 Å². The van der Waals surface area contributed by atoms with Crippen LogP contribution < -0.4 is 0 Å². The fourth-order valence-electron chi connectivity index (χ4n) is 1.43. The van der Waals surface area contributed by atoms with E-state index in [4.69, 9.17) is 5.11 Å². The molecule has 13 heavy (non-hydrogen) atoms. The van der Waals surface area contributed by atoms with Crippen molar-refractivity contribution in [2.45, 2.75) is 58.8 Å². The van der Waals surface area contributed by atoms with Crippen molar-refractivity contribution in [1.82, 2.24) is 0 Å². The molecule has 0 radical (unpaired) electrons. The van der Waals surface area contributed by atoms with E-state index in [2.05, 4.69) is 13.8 Å². The van der Waals surface area contributed by atoms with Crippen LogP contribution in [0, 0.1) is 5.92 Å². The lowest BCUT2D eigenvalue weighted by atomic mass is 9.98. The smallest absolute Gasteiger partial charge is 0.303 e. The second-order valence-corrected chi connectivity index (χ2v) is 3.89. The highest BCUT2D eigenvalue weighted by Gasteiger charge is 2.04. The summed E-state index contributed by atoms with van der Waals surface area (Å²) in [7, 11) is 0. The van der Waals surface area contributed by atoms with E-state index in [9.17, 15) is 4.79 Å². The molecule has 0 heterocycles. The van der Waals surface area contributed by atoms with Gasteiger partial charge in [-0.1, -0.05) is 46.0 Å². The highest BCUT2D eigenvalue weighted by atomic mass is 16.4. The predicted octanol–water partition coefficient (Wildman–Crippen LogP) is 3.46. The number of aliphatic carboxylic acids is 1. The SMILES string of the molecule is CCCCCCC(C)CCC(=O)O. The Morgan fingerprint density at radius 2 is 1.92 bits per heavy atom. The monoisotopic (exact) mass is 186 g/mol. The second kappa shape index (κ2) is 8.09.